The average Bonchev–Trinajstić information content (AvgIpc) is 2.79. The molecule has 0 aromatic carbocycles. The number of hydrogen-bond donors (Lipinski definition) is 1. The fourth-order valence-corrected chi connectivity index (χ4v) is 3.56. The summed E-state index contributed by atoms with van der Waals surface area (Å²) in [6, 6.07) is 0. The summed E-state index contributed by atoms with van der Waals surface area (Å²) in [6.45, 7) is 0.758. The van der Waals surface area contributed by atoms with E-state index in [9.17, 15) is 10.1 Å². The first-order valence-corrected chi connectivity index (χ1v) is 7.75. The molecule has 6 nitrogen and oxygen atoms in total. The Morgan fingerprint density at radius 1 is 1.53 bits per heavy atom. The third-order valence-corrected chi connectivity index (χ3v) is 5.29. The predicted molar refractivity (Wildman–Crippen MR) is 77.7 cm³/mol. The highest BCUT2D eigenvalue weighted by atomic mass is 32.2. The lowest BCUT2D eigenvalue weighted by Crippen LogP contribution is -2.36. The fraction of sp³-hybridized carbons (Fsp3) is 0.750. The van der Waals surface area contributed by atoms with Crippen LogP contribution >= 0.6 is 11.8 Å². The molecule has 1 aromatic rings. The minimum absolute atomic E-state index is 0.0884. The molecule has 0 aliphatic heterocycles. The quantitative estimate of drug-likeness (QED) is 0.665. The number of aromatic nitrogens is 2. The summed E-state index contributed by atoms with van der Waals surface area (Å²) in [5, 5.41) is 14.2. The molecule has 0 bridgehead atoms. The van der Waals surface area contributed by atoms with Crippen molar-refractivity contribution >= 4 is 23.4 Å². The molecule has 1 heterocycles. The molecule has 1 aromatic heterocycles. The van der Waals surface area contributed by atoms with E-state index in [0.29, 0.717) is 5.82 Å². The predicted octanol–water partition coefficient (Wildman–Crippen LogP) is 2.81. The van der Waals surface area contributed by atoms with Crippen molar-refractivity contribution in [1.82, 2.24) is 9.55 Å². The lowest BCUT2D eigenvalue weighted by Gasteiger charge is -2.36. The zero-order chi connectivity index (χ0) is 13.9. The highest BCUT2D eigenvalue weighted by molar-refractivity contribution is 8.00. The summed E-state index contributed by atoms with van der Waals surface area (Å²) < 4.78 is 1.88. The molecular weight excluding hydrogens is 264 g/mol. The van der Waals surface area contributed by atoms with E-state index >= 15 is 0 Å². The number of rotatable bonds is 5. The van der Waals surface area contributed by atoms with Gasteiger partial charge >= 0.3 is 5.82 Å². The number of nitrogens with one attached hydrogen (secondary N) is 1. The van der Waals surface area contributed by atoms with Crippen LogP contribution in [0.3, 0.4) is 0 Å². The van der Waals surface area contributed by atoms with Crippen LogP contribution in [0.25, 0.3) is 0 Å². The molecule has 19 heavy (non-hydrogen) atoms. The Balaban J connectivity index is 2.09. The van der Waals surface area contributed by atoms with E-state index in [1.807, 2.05) is 11.8 Å². The largest absolute Gasteiger partial charge is 0.406 e. The van der Waals surface area contributed by atoms with E-state index < -0.39 is 4.92 Å². The number of aryl methyl sites for hydroxylation is 1. The van der Waals surface area contributed by atoms with Gasteiger partial charge in [-0.2, -0.15) is 11.8 Å². The van der Waals surface area contributed by atoms with Gasteiger partial charge in [0.15, 0.2) is 0 Å². The standard InChI is InChI=1S/C12H20N4O2S/c1-15-9-14-11(16(17)18)10(15)13-8-12(19-2)6-4-3-5-7-12/h9,13H,3-8H2,1-2H3. The first-order valence-electron chi connectivity index (χ1n) is 6.53. The van der Waals surface area contributed by atoms with Gasteiger partial charge in [0, 0.05) is 18.3 Å². The van der Waals surface area contributed by atoms with Crippen LogP contribution < -0.4 is 5.32 Å². The van der Waals surface area contributed by atoms with Crippen LogP contribution in [0.15, 0.2) is 6.33 Å². The van der Waals surface area contributed by atoms with E-state index in [4.69, 9.17) is 0 Å². The van der Waals surface area contributed by atoms with E-state index in [0.717, 1.165) is 6.54 Å². The summed E-state index contributed by atoms with van der Waals surface area (Å²) in [4.78, 5) is 14.3. The second-order valence-corrected chi connectivity index (χ2v) is 6.36. The summed E-state index contributed by atoms with van der Waals surface area (Å²) in [7, 11) is 1.77. The molecule has 1 aliphatic carbocycles. The van der Waals surface area contributed by atoms with Gasteiger partial charge in [-0.1, -0.05) is 19.3 Å². The Hall–Kier alpha value is -1.24. The van der Waals surface area contributed by atoms with Gasteiger partial charge in [-0.25, -0.2) is 0 Å². The first kappa shape index (κ1) is 14.2. The Bertz CT molecular complexity index is 455. The number of nitro groups is 1. The third-order valence-electron chi connectivity index (χ3n) is 3.87. The lowest BCUT2D eigenvalue weighted by molar-refractivity contribution is -0.388. The molecule has 1 aliphatic rings. The number of nitrogens with zero attached hydrogens (tertiary/aromatic N) is 3. The first-order chi connectivity index (χ1) is 9.08. The van der Waals surface area contributed by atoms with Crippen LogP contribution in [0.5, 0.6) is 0 Å². The smallest absolute Gasteiger partial charge is 0.363 e. The van der Waals surface area contributed by atoms with Crippen molar-refractivity contribution in [3.63, 3.8) is 0 Å². The second-order valence-electron chi connectivity index (χ2n) is 5.09. The van der Waals surface area contributed by atoms with E-state index in [1.165, 1.54) is 38.4 Å². The normalized spacial score (nSPS) is 18.2. The Morgan fingerprint density at radius 2 is 2.21 bits per heavy atom. The van der Waals surface area contributed by atoms with Gasteiger partial charge in [0.05, 0.1) is 0 Å². The molecule has 7 heteroatoms. The van der Waals surface area contributed by atoms with Crippen LogP contribution in [-0.2, 0) is 7.05 Å². The fourth-order valence-electron chi connectivity index (χ4n) is 2.65. The van der Waals surface area contributed by atoms with Crippen LogP contribution in [0.2, 0.25) is 0 Å². The van der Waals surface area contributed by atoms with Crippen molar-refractivity contribution in [3.05, 3.63) is 16.4 Å². The molecule has 106 valence electrons. The Morgan fingerprint density at radius 3 is 2.79 bits per heavy atom. The maximum absolute atomic E-state index is 10.9. The topological polar surface area (TPSA) is 73.0 Å². The molecule has 1 saturated carbocycles. The summed E-state index contributed by atoms with van der Waals surface area (Å²) in [5.41, 5.74) is 0. The molecule has 1 N–H and O–H groups in total. The van der Waals surface area contributed by atoms with Crippen LogP contribution in [0.1, 0.15) is 32.1 Å². The molecule has 0 amide bonds. The number of anilines is 1. The highest BCUT2D eigenvalue weighted by Gasteiger charge is 2.32. The van der Waals surface area contributed by atoms with Crippen molar-refractivity contribution in [1.29, 1.82) is 0 Å². The molecule has 1 fully saturated rings. The molecule has 0 spiro atoms. The second kappa shape index (κ2) is 5.81. The summed E-state index contributed by atoms with van der Waals surface area (Å²) >= 11 is 1.87. The number of hydrogen-bond acceptors (Lipinski definition) is 5. The Labute approximate surface area is 117 Å². The van der Waals surface area contributed by atoms with Gasteiger partial charge < -0.3 is 15.4 Å². The molecule has 2 rings (SSSR count). The third kappa shape index (κ3) is 3.02. The zero-order valence-electron chi connectivity index (χ0n) is 11.4. The zero-order valence-corrected chi connectivity index (χ0v) is 12.2. The van der Waals surface area contributed by atoms with Gasteiger partial charge in [-0.3, -0.25) is 4.57 Å². The highest BCUT2D eigenvalue weighted by Crippen LogP contribution is 2.39. The molecular formula is C12H20N4O2S. The maximum Gasteiger partial charge on any atom is 0.406 e. The number of imidazole rings is 1. The van der Waals surface area contributed by atoms with Crippen molar-refractivity contribution in [2.75, 3.05) is 18.1 Å². The summed E-state index contributed by atoms with van der Waals surface area (Å²) in [5.74, 6) is 0.415. The van der Waals surface area contributed by atoms with E-state index in [1.54, 1.807) is 11.6 Å². The monoisotopic (exact) mass is 284 g/mol. The molecule has 0 atom stereocenters. The van der Waals surface area contributed by atoms with Crippen molar-refractivity contribution in [2.45, 2.75) is 36.9 Å². The average molecular weight is 284 g/mol. The van der Waals surface area contributed by atoms with Crippen molar-refractivity contribution in [3.8, 4) is 0 Å². The van der Waals surface area contributed by atoms with Crippen LogP contribution in [0.4, 0.5) is 11.6 Å². The van der Waals surface area contributed by atoms with Crippen LogP contribution in [-0.4, -0.2) is 32.0 Å². The van der Waals surface area contributed by atoms with E-state index in [2.05, 4.69) is 16.6 Å². The molecule has 0 radical (unpaired) electrons. The van der Waals surface area contributed by atoms with Gasteiger partial charge in [0.25, 0.3) is 0 Å². The van der Waals surface area contributed by atoms with Gasteiger partial charge in [0.1, 0.15) is 0 Å². The summed E-state index contributed by atoms with van der Waals surface area (Å²) in [6.07, 6.45) is 9.75. The molecule has 0 unspecified atom stereocenters. The van der Waals surface area contributed by atoms with Crippen molar-refractivity contribution in [2.24, 2.45) is 7.05 Å². The van der Waals surface area contributed by atoms with E-state index in [-0.39, 0.29) is 10.6 Å². The van der Waals surface area contributed by atoms with Crippen LogP contribution in [0, 0.1) is 10.1 Å². The lowest BCUT2D eigenvalue weighted by atomic mass is 9.88. The number of thioether (sulfide) groups is 1. The van der Waals surface area contributed by atoms with Crippen molar-refractivity contribution < 1.29 is 4.92 Å². The minimum atomic E-state index is -0.436. The molecule has 0 saturated heterocycles. The maximum atomic E-state index is 10.9. The SMILES string of the molecule is CSC1(CNc2c([N+](=O)[O-])ncn2C)CCCCC1. The minimum Gasteiger partial charge on any atom is -0.363 e. The Kier molecular flexibility index (Phi) is 4.34. The van der Waals surface area contributed by atoms with Gasteiger partial charge in [-0.05, 0) is 29.0 Å². The van der Waals surface area contributed by atoms with Gasteiger partial charge in [-0.15, -0.1) is 0 Å². The van der Waals surface area contributed by atoms with Gasteiger partial charge in [0.2, 0.25) is 12.1 Å².